The number of hydrogen-bond acceptors (Lipinski definition) is 3. The van der Waals surface area contributed by atoms with Crippen molar-refractivity contribution in [3.8, 4) is 0 Å². The lowest BCUT2D eigenvalue weighted by molar-refractivity contribution is 0.515. The summed E-state index contributed by atoms with van der Waals surface area (Å²) in [6.45, 7) is 6.32. The van der Waals surface area contributed by atoms with E-state index in [4.69, 9.17) is 28.6 Å². The smallest absolute Gasteiger partial charge is 0.163 e. The zero-order chi connectivity index (χ0) is 12.3. The fourth-order valence-corrected chi connectivity index (χ4v) is 3.34. The van der Waals surface area contributed by atoms with Crippen molar-refractivity contribution in [3.63, 3.8) is 0 Å². The first-order valence-electron chi connectivity index (χ1n) is 5.56. The van der Waals surface area contributed by atoms with Crippen molar-refractivity contribution < 1.29 is 0 Å². The molecule has 2 nitrogen and oxygen atoms in total. The monoisotopic (exact) mass is 280 g/mol. The number of thioether (sulfide) groups is 1. The van der Waals surface area contributed by atoms with E-state index in [9.17, 15) is 0 Å². The SMILES string of the molecule is CCCSC1=NC(Cl)C(=N)C(Cl)C(C)C1C. The first-order valence-corrected chi connectivity index (χ1v) is 7.41. The Labute approximate surface area is 112 Å². The largest absolute Gasteiger partial charge is 0.305 e. The summed E-state index contributed by atoms with van der Waals surface area (Å²) < 4.78 is 0. The van der Waals surface area contributed by atoms with Crippen LogP contribution in [0, 0.1) is 17.2 Å². The molecule has 1 aliphatic heterocycles. The van der Waals surface area contributed by atoms with Gasteiger partial charge in [-0.1, -0.05) is 32.4 Å². The van der Waals surface area contributed by atoms with Gasteiger partial charge in [-0.2, -0.15) is 0 Å². The van der Waals surface area contributed by atoms with Crippen LogP contribution in [0.2, 0.25) is 0 Å². The maximum absolute atomic E-state index is 7.85. The highest BCUT2D eigenvalue weighted by molar-refractivity contribution is 8.14. The van der Waals surface area contributed by atoms with Gasteiger partial charge in [-0.25, -0.2) is 0 Å². The molecular weight excluding hydrogens is 263 g/mol. The average molecular weight is 281 g/mol. The molecular formula is C11H18Cl2N2S. The molecule has 0 saturated heterocycles. The normalized spacial score (nSPS) is 35.8. The van der Waals surface area contributed by atoms with Gasteiger partial charge in [0, 0.05) is 5.92 Å². The number of aliphatic imine (C=N–C) groups is 1. The number of hydrogen-bond donors (Lipinski definition) is 1. The van der Waals surface area contributed by atoms with Gasteiger partial charge in [-0.05, 0) is 18.1 Å². The van der Waals surface area contributed by atoms with Crippen LogP contribution in [0.3, 0.4) is 0 Å². The van der Waals surface area contributed by atoms with Gasteiger partial charge in [0.1, 0.15) is 0 Å². The standard InChI is InChI=1S/C11H18Cl2N2S/c1-4-5-16-11-7(3)6(2)8(12)9(14)10(13)15-11/h6-8,10,14H,4-5H2,1-3H3. The molecule has 92 valence electrons. The lowest BCUT2D eigenvalue weighted by Crippen LogP contribution is -2.29. The van der Waals surface area contributed by atoms with E-state index in [0.29, 0.717) is 5.71 Å². The molecule has 0 radical (unpaired) electrons. The van der Waals surface area contributed by atoms with E-state index in [1.165, 1.54) is 0 Å². The molecule has 1 heterocycles. The molecule has 0 aromatic carbocycles. The molecule has 1 aliphatic rings. The lowest BCUT2D eigenvalue weighted by Gasteiger charge is -2.22. The van der Waals surface area contributed by atoms with Crippen LogP contribution in [0.15, 0.2) is 4.99 Å². The first-order chi connectivity index (χ1) is 7.49. The van der Waals surface area contributed by atoms with Crippen LogP contribution in [0.1, 0.15) is 27.2 Å². The summed E-state index contributed by atoms with van der Waals surface area (Å²) in [5.41, 5.74) is -0.260. The summed E-state index contributed by atoms with van der Waals surface area (Å²) >= 11 is 14.0. The number of alkyl halides is 2. The number of halogens is 2. The summed E-state index contributed by atoms with van der Waals surface area (Å²) in [6, 6.07) is 0. The van der Waals surface area contributed by atoms with E-state index in [-0.39, 0.29) is 17.2 Å². The Morgan fingerprint density at radius 1 is 1.38 bits per heavy atom. The van der Waals surface area contributed by atoms with Crippen molar-refractivity contribution in [2.75, 3.05) is 5.75 Å². The Morgan fingerprint density at radius 2 is 2.00 bits per heavy atom. The van der Waals surface area contributed by atoms with Crippen LogP contribution in [-0.2, 0) is 0 Å². The fraction of sp³-hybridized carbons (Fsp3) is 0.818. The van der Waals surface area contributed by atoms with Crippen LogP contribution in [0.4, 0.5) is 0 Å². The van der Waals surface area contributed by atoms with Crippen molar-refractivity contribution in [2.24, 2.45) is 16.8 Å². The third kappa shape index (κ3) is 3.14. The Bertz CT molecular complexity index is 294. The summed E-state index contributed by atoms with van der Waals surface area (Å²) in [7, 11) is 0. The van der Waals surface area contributed by atoms with E-state index < -0.39 is 5.50 Å². The molecule has 4 atom stereocenters. The molecule has 4 unspecified atom stereocenters. The van der Waals surface area contributed by atoms with Gasteiger partial charge in [0.25, 0.3) is 0 Å². The number of nitrogens with one attached hydrogen (secondary N) is 1. The fourth-order valence-electron chi connectivity index (χ4n) is 1.57. The average Bonchev–Trinajstić information content (AvgIpc) is 2.34. The van der Waals surface area contributed by atoms with Crippen LogP contribution >= 0.6 is 35.0 Å². The Morgan fingerprint density at radius 3 is 2.56 bits per heavy atom. The number of rotatable bonds is 2. The van der Waals surface area contributed by atoms with Crippen LogP contribution in [-0.4, -0.2) is 27.4 Å². The molecule has 0 saturated carbocycles. The van der Waals surface area contributed by atoms with Gasteiger partial charge in [0.05, 0.1) is 16.1 Å². The highest BCUT2D eigenvalue weighted by Gasteiger charge is 2.34. The van der Waals surface area contributed by atoms with Crippen molar-refractivity contribution >= 4 is 45.7 Å². The van der Waals surface area contributed by atoms with Gasteiger partial charge < -0.3 is 5.41 Å². The maximum Gasteiger partial charge on any atom is 0.163 e. The minimum atomic E-state index is -0.589. The van der Waals surface area contributed by atoms with Crippen LogP contribution < -0.4 is 0 Å². The second-order valence-corrected chi connectivity index (χ2v) is 6.16. The summed E-state index contributed by atoms with van der Waals surface area (Å²) in [5.74, 6) is 1.53. The first kappa shape index (κ1) is 14.3. The molecule has 1 N–H and O–H groups in total. The Hall–Kier alpha value is 0.270. The summed E-state index contributed by atoms with van der Waals surface area (Å²) in [4.78, 5) is 4.41. The Balaban J connectivity index is 2.89. The molecule has 0 aromatic heterocycles. The van der Waals surface area contributed by atoms with Crippen molar-refractivity contribution in [2.45, 2.75) is 38.1 Å². The van der Waals surface area contributed by atoms with Crippen LogP contribution in [0.5, 0.6) is 0 Å². The van der Waals surface area contributed by atoms with Gasteiger partial charge in [0.2, 0.25) is 0 Å². The molecule has 0 bridgehead atoms. The maximum atomic E-state index is 7.85. The Kier molecular flexibility index (Phi) is 5.62. The minimum absolute atomic E-state index is 0.209. The van der Waals surface area contributed by atoms with Crippen molar-refractivity contribution in [3.05, 3.63) is 0 Å². The molecule has 0 amide bonds. The number of nitrogens with zero attached hydrogens (tertiary/aromatic N) is 1. The molecule has 16 heavy (non-hydrogen) atoms. The summed E-state index contributed by atoms with van der Waals surface area (Å²) in [6.07, 6.45) is 1.11. The highest BCUT2D eigenvalue weighted by Crippen LogP contribution is 2.32. The van der Waals surface area contributed by atoms with Crippen LogP contribution in [0.25, 0.3) is 0 Å². The molecule has 0 aromatic rings. The van der Waals surface area contributed by atoms with Gasteiger partial charge in [-0.15, -0.1) is 23.4 Å². The molecule has 0 fully saturated rings. The van der Waals surface area contributed by atoms with E-state index in [1.54, 1.807) is 11.8 Å². The predicted molar refractivity (Wildman–Crippen MR) is 75.5 cm³/mol. The van der Waals surface area contributed by atoms with Gasteiger partial charge in [-0.3, -0.25) is 4.99 Å². The van der Waals surface area contributed by atoms with E-state index in [0.717, 1.165) is 17.2 Å². The molecule has 1 rings (SSSR count). The highest BCUT2D eigenvalue weighted by atomic mass is 35.5. The second kappa shape index (κ2) is 6.27. The topological polar surface area (TPSA) is 36.2 Å². The second-order valence-electron chi connectivity index (χ2n) is 4.16. The van der Waals surface area contributed by atoms with E-state index >= 15 is 0 Å². The molecule has 0 spiro atoms. The van der Waals surface area contributed by atoms with E-state index in [1.807, 2.05) is 0 Å². The van der Waals surface area contributed by atoms with Gasteiger partial charge >= 0.3 is 0 Å². The van der Waals surface area contributed by atoms with E-state index in [2.05, 4.69) is 25.8 Å². The molecule has 5 heteroatoms. The zero-order valence-corrected chi connectivity index (χ0v) is 12.2. The van der Waals surface area contributed by atoms with Crippen molar-refractivity contribution in [1.82, 2.24) is 0 Å². The zero-order valence-electron chi connectivity index (χ0n) is 9.84. The third-order valence-electron chi connectivity index (χ3n) is 2.89. The lowest BCUT2D eigenvalue weighted by atomic mass is 9.92. The quantitative estimate of drug-likeness (QED) is 0.602. The summed E-state index contributed by atoms with van der Waals surface area (Å²) in [5, 5.41) is 8.59. The predicted octanol–water partition coefficient (Wildman–Crippen LogP) is 4.01. The van der Waals surface area contributed by atoms with Crippen molar-refractivity contribution in [1.29, 1.82) is 5.41 Å². The molecule has 0 aliphatic carbocycles. The third-order valence-corrected chi connectivity index (χ3v) is 5.24. The minimum Gasteiger partial charge on any atom is -0.305 e. The van der Waals surface area contributed by atoms with Gasteiger partial charge in [0.15, 0.2) is 5.50 Å².